The molecule has 0 aliphatic rings. The van der Waals surface area contributed by atoms with Crippen molar-refractivity contribution in [2.75, 3.05) is 25.6 Å². The third-order valence-corrected chi connectivity index (χ3v) is 5.45. The molecule has 0 fully saturated rings. The number of rotatable bonds is 12. The summed E-state index contributed by atoms with van der Waals surface area (Å²) in [5.41, 5.74) is 2.32. The van der Waals surface area contributed by atoms with E-state index in [1.165, 1.54) is 11.6 Å². The lowest BCUT2D eigenvalue weighted by atomic mass is 10.1. The number of nitrogens with one attached hydrogen (secondary N) is 1. The molecule has 1 aromatic heterocycles. The predicted molar refractivity (Wildman–Crippen MR) is 133 cm³/mol. The predicted octanol–water partition coefficient (Wildman–Crippen LogP) is 4.60. The van der Waals surface area contributed by atoms with E-state index >= 15 is 0 Å². The van der Waals surface area contributed by atoms with Crippen molar-refractivity contribution in [1.29, 1.82) is 0 Å². The number of ether oxygens (including phenoxy) is 3. The molecule has 0 aliphatic heterocycles. The van der Waals surface area contributed by atoms with Gasteiger partial charge in [0.15, 0.2) is 12.4 Å². The molecule has 2 aromatic carbocycles. The molecule has 0 aliphatic carbocycles. The molecule has 0 atom stereocenters. The molecule has 0 spiro atoms. The van der Waals surface area contributed by atoms with Crippen LogP contribution < -0.4 is 25.0 Å². The van der Waals surface area contributed by atoms with Crippen molar-refractivity contribution in [2.24, 2.45) is 0 Å². The van der Waals surface area contributed by atoms with Crippen LogP contribution in [-0.2, 0) is 17.8 Å². The van der Waals surface area contributed by atoms with Gasteiger partial charge in [0.2, 0.25) is 5.43 Å². The summed E-state index contributed by atoms with van der Waals surface area (Å²) in [5, 5.41) is 2.81. The second-order valence-corrected chi connectivity index (χ2v) is 7.95. The standard InChI is InChI=1S/C27H32N2O5/c1-4-5-6-21-7-9-22(10-8-21)28-26(31)19-34-27-20(2)29(16-15-25(27)30)17-18-33-24-13-11-23(32-3)12-14-24/h7-16H,4-6,17-19H2,1-3H3,(H,28,31). The molecule has 0 unspecified atom stereocenters. The van der Waals surface area contributed by atoms with Crippen LogP contribution in [0.5, 0.6) is 17.2 Å². The van der Waals surface area contributed by atoms with Crippen LogP contribution in [0.25, 0.3) is 0 Å². The second kappa shape index (κ2) is 12.5. The van der Waals surface area contributed by atoms with Gasteiger partial charge in [0, 0.05) is 18.0 Å². The maximum Gasteiger partial charge on any atom is 0.262 e. The summed E-state index contributed by atoms with van der Waals surface area (Å²) in [7, 11) is 1.61. The minimum atomic E-state index is -0.321. The number of aryl methyl sites for hydroxylation is 1. The first-order valence-electron chi connectivity index (χ1n) is 11.5. The van der Waals surface area contributed by atoms with Gasteiger partial charge in [-0.25, -0.2) is 0 Å². The van der Waals surface area contributed by atoms with Crippen molar-refractivity contribution in [3.63, 3.8) is 0 Å². The Morgan fingerprint density at radius 1 is 0.971 bits per heavy atom. The molecule has 3 aromatic rings. The zero-order valence-electron chi connectivity index (χ0n) is 20.0. The molecule has 180 valence electrons. The number of anilines is 1. The van der Waals surface area contributed by atoms with Gasteiger partial charge in [-0.1, -0.05) is 25.5 Å². The highest BCUT2D eigenvalue weighted by atomic mass is 16.5. The largest absolute Gasteiger partial charge is 0.497 e. The molecule has 7 heteroatoms. The molecular formula is C27H32N2O5. The number of pyridine rings is 1. The van der Waals surface area contributed by atoms with Gasteiger partial charge in [-0.05, 0) is 61.7 Å². The number of nitrogens with zero attached hydrogens (tertiary/aromatic N) is 1. The summed E-state index contributed by atoms with van der Waals surface area (Å²) in [5.74, 6) is 1.33. The zero-order valence-corrected chi connectivity index (χ0v) is 20.0. The molecule has 0 bridgehead atoms. The molecular weight excluding hydrogens is 432 g/mol. The van der Waals surface area contributed by atoms with Gasteiger partial charge in [0.05, 0.1) is 19.3 Å². The van der Waals surface area contributed by atoms with Crippen LogP contribution in [0.3, 0.4) is 0 Å². The highest BCUT2D eigenvalue weighted by Gasteiger charge is 2.12. The maximum atomic E-state index is 12.4. The van der Waals surface area contributed by atoms with Crippen LogP contribution in [-0.4, -0.2) is 30.8 Å². The van der Waals surface area contributed by atoms with E-state index in [-0.39, 0.29) is 23.7 Å². The lowest BCUT2D eigenvalue weighted by molar-refractivity contribution is -0.118. The molecule has 1 amide bonds. The zero-order chi connectivity index (χ0) is 24.3. The Bertz CT molecular complexity index is 1120. The summed E-state index contributed by atoms with van der Waals surface area (Å²) in [6, 6.07) is 16.6. The minimum absolute atomic E-state index is 0.164. The van der Waals surface area contributed by atoms with Crippen molar-refractivity contribution in [2.45, 2.75) is 39.7 Å². The van der Waals surface area contributed by atoms with Crippen LogP contribution in [0, 0.1) is 6.92 Å². The van der Waals surface area contributed by atoms with Gasteiger partial charge in [-0.2, -0.15) is 0 Å². The van der Waals surface area contributed by atoms with Crippen LogP contribution in [0.15, 0.2) is 65.6 Å². The Kier molecular flexibility index (Phi) is 9.14. The summed E-state index contributed by atoms with van der Waals surface area (Å²) in [6.45, 7) is 4.63. The first kappa shape index (κ1) is 24.9. The molecule has 1 heterocycles. The van der Waals surface area contributed by atoms with E-state index < -0.39 is 0 Å². The van der Waals surface area contributed by atoms with E-state index in [1.807, 2.05) is 53.1 Å². The van der Waals surface area contributed by atoms with Crippen molar-refractivity contribution in [3.8, 4) is 17.2 Å². The monoisotopic (exact) mass is 464 g/mol. The first-order chi connectivity index (χ1) is 16.5. The van der Waals surface area contributed by atoms with Gasteiger partial charge in [0.25, 0.3) is 5.91 Å². The van der Waals surface area contributed by atoms with E-state index in [0.717, 1.165) is 30.8 Å². The van der Waals surface area contributed by atoms with Crippen molar-refractivity contribution in [3.05, 3.63) is 82.3 Å². The normalized spacial score (nSPS) is 10.6. The minimum Gasteiger partial charge on any atom is -0.497 e. The van der Waals surface area contributed by atoms with E-state index in [9.17, 15) is 9.59 Å². The van der Waals surface area contributed by atoms with Crippen LogP contribution in [0.4, 0.5) is 5.69 Å². The first-order valence-corrected chi connectivity index (χ1v) is 11.5. The van der Waals surface area contributed by atoms with Gasteiger partial charge >= 0.3 is 0 Å². The summed E-state index contributed by atoms with van der Waals surface area (Å²) < 4.78 is 18.4. The number of amides is 1. The fourth-order valence-corrected chi connectivity index (χ4v) is 3.48. The Labute approximate surface area is 200 Å². The quantitative estimate of drug-likeness (QED) is 0.424. The number of carbonyl (C=O) groups is 1. The van der Waals surface area contributed by atoms with Crippen molar-refractivity contribution in [1.82, 2.24) is 4.57 Å². The summed E-state index contributed by atoms with van der Waals surface area (Å²) in [4.78, 5) is 24.7. The lowest BCUT2D eigenvalue weighted by Crippen LogP contribution is -2.24. The summed E-state index contributed by atoms with van der Waals surface area (Å²) >= 11 is 0. The van der Waals surface area contributed by atoms with Gasteiger partial charge < -0.3 is 24.1 Å². The van der Waals surface area contributed by atoms with E-state index in [4.69, 9.17) is 14.2 Å². The molecule has 0 radical (unpaired) electrons. The van der Waals surface area contributed by atoms with Gasteiger partial charge in [-0.15, -0.1) is 0 Å². The van der Waals surface area contributed by atoms with Crippen LogP contribution in [0.1, 0.15) is 31.0 Å². The third kappa shape index (κ3) is 7.13. The number of unbranched alkanes of at least 4 members (excludes halogenated alkanes) is 1. The SMILES string of the molecule is CCCCc1ccc(NC(=O)COc2c(C)n(CCOc3ccc(OC)cc3)ccc2=O)cc1. The Hall–Kier alpha value is -3.74. The number of methoxy groups -OCH3 is 1. The smallest absolute Gasteiger partial charge is 0.262 e. The fraction of sp³-hybridized carbons (Fsp3) is 0.333. The highest BCUT2D eigenvalue weighted by molar-refractivity contribution is 5.91. The average Bonchev–Trinajstić information content (AvgIpc) is 2.85. The number of benzene rings is 2. The molecule has 7 nitrogen and oxygen atoms in total. The number of carbonyl (C=O) groups excluding carboxylic acids is 1. The second-order valence-electron chi connectivity index (χ2n) is 7.95. The van der Waals surface area contributed by atoms with Crippen LogP contribution in [0.2, 0.25) is 0 Å². The van der Waals surface area contributed by atoms with Gasteiger partial charge in [0.1, 0.15) is 18.1 Å². The number of hydrogen-bond acceptors (Lipinski definition) is 5. The van der Waals surface area contributed by atoms with Crippen molar-refractivity contribution < 1.29 is 19.0 Å². The highest BCUT2D eigenvalue weighted by Crippen LogP contribution is 2.18. The molecule has 3 rings (SSSR count). The summed E-state index contributed by atoms with van der Waals surface area (Å²) in [6.07, 6.45) is 5.01. The Morgan fingerprint density at radius 3 is 2.35 bits per heavy atom. The lowest BCUT2D eigenvalue weighted by Gasteiger charge is -2.15. The molecule has 0 saturated carbocycles. The topological polar surface area (TPSA) is 78.8 Å². The third-order valence-electron chi connectivity index (χ3n) is 5.45. The van der Waals surface area contributed by atoms with Gasteiger partial charge in [-0.3, -0.25) is 9.59 Å². The van der Waals surface area contributed by atoms with E-state index in [0.29, 0.717) is 24.5 Å². The number of aromatic nitrogens is 1. The average molecular weight is 465 g/mol. The maximum absolute atomic E-state index is 12.4. The molecule has 0 saturated heterocycles. The Balaban J connectivity index is 1.53. The van der Waals surface area contributed by atoms with E-state index in [2.05, 4.69) is 12.2 Å². The molecule has 1 N–H and O–H groups in total. The van der Waals surface area contributed by atoms with Crippen molar-refractivity contribution >= 4 is 11.6 Å². The number of hydrogen-bond donors (Lipinski definition) is 1. The van der Waals surface area contributed by atoms with E-state index in [1.54, 1.807) is 20.2 Å². The molecule has 34 heavy (non-hydrogen) atoms. The van der Waals surface area contributed by atoms with Crippen LogP contribution >= 0.6 is 0 Å². The fourth-order valence-electron chi connectivity index (χ4n) is 3.48. The Morgan fingerprint density at radius 2 is 1.68 bits per heavy atom.